The predicted molar refractivity (Wildman–Crippen MR) is 61.7 cm³/mol. The Morgan fingerprint density at radius 1 is 1.27 bits per heavy atom. The second-order valence-electron chi connectivity index (χ2n) is 5.12. The quantitative estimate of drug-likeness (QED) is 0.667. The summed E-state index contributed by atoms with van der Waals surface area (Å²) < 4.78 is 0. The summed E-state index contributed by atoms with van der Waals surface area (Å²) in [4.78, 5) is 11.5. The van der Waals surface area contributed by atoms with Gasteiger partial charge in [-0.2, -0.15) is 0 Å². The lowest BCUT2D eigenvalue weighted by molar-refractivity contribution is 0.215. The van der Waals surface area contributed by atoms with E-state index in [-0.39, 0.29) is 30.1 Å². The van der Waals surface area contributed by atoms with Crippen molar-refractivity contribution < 1.29 is 9.90 Å². The third-order valence-electron chi connectivity index (χ3n) is 2.59. The zero-order valence-corrected chi connectivity index (χ0v) is 10.4. The number of amides is 2. The number of aliphatic hydroxyl groups is 1. The van der Waals surface area contributed by atoms with Crippen LogP contribution in [0, 0.1) is 5.41 Å². The molecule has 0 heterocycles. The van der Waals surface area contributed by atoms with Crippen LogP contribution in [0.4, 0.5) is 4.79 Å². The molecule has 0 aromatic carbocycles. The lowest BCUT2D eigenvalue weighted by Gasteiger charge is -2.28. The minimum absolute atomic E-state index is 0.00201. The largest absolute Gasteiger partial charge is 0.396 e. The third-order valence-corrected chi connectivity index (χ3v) is 2.59. The zero-order chi connectivity index (χ0) is 12.1. The Bertz CT molecular complexity index is 199. The van der Waals surface area contributed by atoms with Crippen LogP contribution in [-0.4, -0.2) is 29.8 Å². The monoisotopic (exact) mass is 216 g/mol. The summed E-state index contributed by atoms with van der Waals surface area (Å²) in [5, 5.41) is 14.3. The highest BCUT2D eigenvalue weighted by molar-refractivity contribution is 5.74. The zero-order valence-electron chi connectivity index (χ0n) is 10.4. The fraction of sp³-hybridized carbons (Fsp3) is 0.909. The molecule has 4 heteroatoms. The molecular formula is C11H24N2O2. The van der Waals surface area contributed by atoms with Crippen LogP contribution in [-0.2, 0) is 0 Å². The molecule has 0 aliphatic carbocycles. The highest BCUT2D eigenvalue weighted by Crippen LogP contribution is 2.18. The molecule has 4 nitrogen and oxygen atoms in total. The van der Waals surface area contributed by atoms with Gasteiger partial charge in [-0.15, -0.1) is 0 Å². The standard InChI is InChI=1S/C11H24N2O2/c1-8(6-7-14)12-10(15)13-9(2)11(3,4)5/h8-9,14H,6-7H2,1-5H3,(H2,12,13,15)/t8-,9?/m1/s1. The number of hydrogen-bond acceptors (Lipinski definition) is 2. The summed E-state index contributed by atoms with van der Waals surface area (Å²) >= 11 is 0. The number of carbonyl (C=O) groups is 1. The van der Waals surface area contributed by atoms with E-state index in [1.807, 2.05) is 13.8 Å². The molecule has 0 saturated carbocycles. The summed E-state index contributed by atoms with van der Waals surface area (Å²) in [5.74, 6) is 0. The van der Waals surface area contributed by atoms with Crippen molar-refractivity contribution in [1.29, 1.82) is 0 Å². The van der Waals surface area contributed by atoms with E-state index in [1.54, 1.807) is 0 Å². The van der Waals surface area contributed by atoms with Crippen LogP contribution in [0.3, 0.4) is 0 Å². The molecule has 0 saturated heterocycles. The first-order valence-electron chi connectivity index (χ1n) is 5.45. The molecule has 2 amide bonds. The summed E-state index contributed by atoms with van der Waals surface area (Å²) in [7, 11) is 0. The van der Waals surface area contributed by atoms with Crippen LogP contribution >= 0.6 is 0 Å². The van der Waals surface area contributed by atoms with Gasteiger partial charge < -0.3 is 15.7 Å². The molecule has 2 atom stereocenters. The van der Waals surface area contributed by atoms with Crippen molar-refractivity contribution in [2.24, 2.45) is 5.41 Å². The van der Waals surface area contributed by atoms with Gasteiger partial charge >= 0.3 is 6.03 Å². The maximum absolute atomic E-state index is 11.5. The first-order chi connectivity index (χ1) is 6.77. The molecule has 0 bridgehead atoms. The first kappa shape index (κ1) is 14.2. The highest BCUT2D eigenvalue weighted by atomic mass is 16.3. The van der Waals surface area contributed by atoms with Gasteiger partial charge in [-0.1, -0.05) is 20.8 Å². The van der Waals surface area contributed by atoms with Crippen LogP contribution < -0.4 is 10.6 Å². The van der Waals surface area contributed by atoms with E-state index in [4.69, 9.17) is 5.11 Å². The number of hydrogen-bond donors (Lipinski definition) is 3. The van der Waals surface area contributed by atoms with Gasteiger partial charge in [-0.05, 0) is 25.7 Å². The van der Waals surface area contributed by atoms with Crippen molar-refractivity contribution in [2.45, 2.75) is 53.1 Å². The maximum atomic E-state index is 11.5. The van der Waals surface area contributed by atoms with E-state index < -0.39 is 0 Å². The minimum Gasteiger partial charge on any atom is -0.396 e. The molecule has 1 unspecified atom stereocenters. The molecule has 0 aliphatic heterocycles. The van der Waals surface area contributed by atoms with E-state index in [9.17, 15) is 4.79 Å². The molecule has 0 rings (SSSR count). The van der Waals surface area contributed by atoms with Crippen molar-refractivity contribution in [3.63, 3.8) is 0 Å². The van der Waals surface area contributed by atoms with Gasteiger partial charge in [0.15, 0.2) is 0 Å². The Balaban J connectivity index is 3.94. The van der Waals surface area contributed by atoms with Gasteiger partial charge in [-0.3, -0.25) is 0 Å². The van der Waals surface area contributed by atoms with Gasteiger partial charge in [0.05, 0.1) is 0 Å². The molecule has 0 fully saturated rings. The summed E-state index contributed by atoms with van der Waals surface area (Å²) in [6.45, 7) is 10.2. The van der Waals surface area contributed by atoms with Crippen molar-refractivity contribution >= 4 is 6.03 Å². The van der Waals surface area contributed by atoms with Crippen molar-refractivity contribution in [1.82, 2.24) is 10.6 Å². The van der Waals surface area contributed by atoms with E-state index in [0.29, 0.717) is 6.42 Å². The number of rotatable bonds is 4. The molecule has 15 heavy (non-hydrogen) atoms. The van der Waals surface area contributed by atoms with Gasteiger partial charge in [0, 0.05) is 18.7 Å². The predicted octanol–water partition coefficient (Wildman–Crippen LogP) is 1.49. The van der Waals surface area contributed by atoms with Crippen LogP contribution in [0.25, 0.3) is 0 Å². The Morgan fingerprint density at radius 2 is 1.80 bits per heavy atom. The SMILES string of the molecule is CC(NC(=O)N[C@H](C)CCO)C(C)(C)C. The smallest absolute Gasteiger partial charge is 0.315 e. The average Bonchev–Trinajstić information content (AvgIpc) is 2.01. The summed E-state index contributed by atoms with van der Waals surface area (Å²) in [6, 6.07) is -0.0561. The third kappa shape index (κ3) is 6.33. The Labute approximate surface area is 92.4 Å². The maximum Gasteiger partial charge on any atom is 0.315 e. The normalized spacial score (nSPS) is 15.6. The van der Waals surface area contributed by atoms with Gasteiger partial charge in [0.25, 0.3) is 0 Å². The first-order valence-corrected chi connectivity index (χ1v) is 5.45. The molecule has 0 aromatic rings. The van der Waals surface area contributed by atoms with E-state index in [1.165, 1.54) is 0 Å². The second-order valence-corrected chi connectivity index (χ2v) is 5.12. The number of urea groups is 1. The minimum atomic E-state index is -0.168. The molecule has 0 radical (unpaired) electrons. The van der Waals surface area contributed by atoms with Gasteiger partial charge in [0.1, 0.15) is 0 Å². The molecule has 0 aliphatic rings. The molecule has 3 N–H and O–H groups in total. The average molecular weight is 216 g/mol. The van der Waals surface area contributed by atoms with E-state index in [2.05, 4.69) is 31.4 Å². The fourth-order valence-electron chi connectivity index (χ4n) is 0.944. The number of aliphatic hydroxyl groups excluding tert-OH is 1. The molecule has 0 aromatic heterocycles. The summed E-state index contributed by atoms with van der Waals surface area (Å²) in [6.07, 6.45) is 0.581. The Hall–Kier alpha value is -0.770. The Morgan fingerprint density at radius 3 is 2.20 bits per heavy atom. The van der Waals surface area contributed by atoms with Crippen molar-refractivity contribution in [3.8, 4) is 0 Å². The number of nitrogens with one attached hydrogen (secondary N) is 2. The highest BCUT2D eigenvalue weighted by Gasteiger charge is 2.21. The van der Waals surface area contributed by atoms with Crippen molar-refractivity contribution in [3.05, 3.63) is 0 Å². The van der Waals surface area contributed by atoms with Crippen molar-refractivity contribution in [2.75, 3.05) is 6.61 Å². The fourth-order valence-corrected chi connectivity index (χ4v) is 0.944. The van der Waals surface area contributed by atoms with Crippen LogP contribution in [0.2, 0.25) is 0 Å². The molecule has 0 spiro atoms. The van der Waals surface area contributed by atoms with Gasteiger partial charge in [0.2, 0.25) is 0 Å². The van der Waals surface area contributed by atoms with E-state index >= 15 is 0 Å². The summed E-state index contributed by atoms with van der Waals surface area (Å²) in [5.41, 5.74) is 0.0531. The Kier molecular flexibility index (Phi) is 5.65. The van der Waals surface area contributed by atoms with Crippen LogP contribution in [0.5, 0.6) is 0 Å². The molecular weight excluding hydrogens is 192 g/mol. The number of carbonyl (C=O) groups excluding carboxylic acids is 1. The van der Waals surface area contributed by atoms with E-state index in [0.717, 1.165) is 0 Å². The lowest BCUT2D eigenvalue weighted by Crippen LogP contribution is -2.48. The van der Waals surface area contributed by atoms with Gasteiger partial charge in [-0.25, -0.2) is 4.79 Å². The second kappa shape index (κ2) is 5.95. The van der Waals surface area contributed by atoms with Crippen LogP contribution in [0.15, 0.2) is 0 Å². The van der Waals surface area contributed by atoms with Crippen LogP contribution in [0.1, 0.15) is 41.0 Å². The topological polar surface area (TPSA) is 61.4 Å². The lowest BCUT2D eigenvalue weighted by atomic mass is 9.88. The molecule has 90 valence electrons.